The highest BCUT2D eigenvalue weighted by molar-refractivity contribution is 7.89. The standard InChI is InChI=1S/C12H18N2O4S/c1-4-13-19(17,18)11-7-5-10(6-8-11)14(3)9(2)12(15)16/h5-9,13H,4H2,1-3H3,(H,15,16). The Hall–Kier alpha value is -1.60. The zero-order chi connectivity index (χ0) is 14.6. The molecule has 0 aliphatic heterocycles. The summed E-state index contributed by atoms with van der Waals surface area (Å²) in [5.74, 6) is -0.938. The molecule has 1 atom stereocenters. The van der Waals surface area contributed by atoms with E-state index in [1.165, 1.54) is 12.1 Å². The van der Waals surface area contributed by atoms with Gasteiger partial charge in [0, 0.05) is 19.3 Å². The van der Waals surface area contributed by atoms with Gasteiger partial charge in [-0.15, -0.1) is 0 Å². The van der Waals surface area contributed by atoms with Crippen LogP contribution in [0.3, 0.4) is 0 Å². The maximum absolute atomic E-state index is 11.7. The van der Waals surface area contributed by atoms with Crippen LogP contribution in [-0.2, 0) is 14.8 Å². The van der Waals surface area contributed by atoms with E-state index < -0.39 is 22.0 Å². The molecule has 0 heterocycles. The number of hydrogen-bond acceptors (Lipinski definition) is 4. The molecule has 0 radical (unpaired) electrons. The van der Waals surface area contributed by atoms with Gasteiger partial charge < -0.3 is 10.0 Å². The first-order valence-electron chi connectivity index (χ1n) is 5.85. The Morgan fingerprint density at radius 1 is 1.37 bits per heavy atom. The Labute approximate surface area is 113 Å². The molecule has 1 rings (SSSR count). The first kappa shape index (κ1) is 15.5. The SMILES string of the molecule is CCNS(=O)(=O)c1ccc(N(C)C(C)C(=O)O)cc1. The van der Waals surface area contributed by atoms with Crippen LogP contribution in [0.15, 0.2) is 29.2 Å². The number of carboxylic acid groups (broad SMARTS) is 1. The van der Waals surface area contributed by atoms with E-state index in [4.69, 9.17) is 5.11 Å². The summed E-state index contributed by atoms with van der Waals surface area (Å²) in [6.07, 6.45) is 0. The minimum atomic E-state index is -3.47. The van der Waals surface area contributed by atoms with Crippen LogP contribution < -0.4 is 9.62 Å². The summed E-state index contributed by atoms with van der Waals surface area (Å²) in [6.45, 7) is 3.58. The summed E-state index contributed by atoms with van der Waals surface area (Å²) in [6, 6.07) is 5.40. The van der Waals surface area contributed by atoms with E-state index in [1.54, 1.807) is 37.9 Å². The Kier molecular flexibility index (Phi) is 4.90. The van der Waals surface area contributed by atoms with E-state index in [0.29, 0.717) is 12.2 Å². The van der Waals surface area contributed by atoms with Crippen molar-refractivity contribution < 1.29 is 18.3 Å². The Balaban J connectivity index is 2.97. The van der Waals surface area contributed by atoms with Crippen molar-refractivity contribution in [3.05, 3.63) is 24.3 Å². The molecule has 0 spiro atoms. The highest BCUT2D eigenvalue weighted by Crippen LogP contribution is 2.18. The summed E-state index contributed by atoms with van der Waals surface area (Å²) in [5, 5.41) is 8.92. The fourth-order valence-corrected chi connectivity index (χ4v) is 2.56. The molecular formula is C12H18N2O4S. The molecule has 19 heavy (non-hydrogen) atoms. The molecule has 0 aliphatic rings. The second-order valence-corrected chi connectivity index (χ2v) is 5.89. The number of sulfonamides is 1. The van der Waals surface area contributed by atoms with Crippen molar-refractivity contribution in [2.45, 2.75) is 24.8 Å². The number of likely N-dealkylation sites (N-methyl/N-ethyl adjacent to an activating group) is 1. The van der Waals surface area contributed by atoms with Crippen molar-refractivity contribution in [1.29, 1.82) is 0 Å². The topological polar surface area (TPSA) is 86.7 Å². The van der Waals surface area contributed by atoms with Gasteiger partial charge in [-0.1, -0.05) is 6.92 Å². The Morgan fingerprint density at radius 3 is 2.32 bits per heavy atom. The van der Waals surface area contributed by atoms with Crippen LogP contribution in [0, 0.1) is 0 Å². The van der Waals surface area contributed by atoms with Gasteiger partial charge in [0.15, 0.2) is 0 Å². The number of aliphatic carboxylic acids is 1. The molecule has 0 aliphatic carbocycles. The molecule has 0 saturated heterocycles. The van der Waals surface area contributed by atoms with Crippen molar-refractivity contribution in [2.75, 3.05) is 18.5 Å². The van der Waals surface area contributed by atoms with Gasteiger partial charge in [0.25, 0.3) is 0 Å². The van der Waals surface area contributed by atoms with Gasteiger partial charge >= 0.3 is 5.97 Å². The van der Waals surface area contributed by atoms with E-state index in [1.807, 2.05) is 0 Å². The van der Waals surface area contributed by atoms with Crippen LogP contribution in [0.1, 0.15) is 13.8 Å². The lowest BCUT2D eigenvalue weighted by atomic mass is 10.2. The van der Waals surface area contributed by atoms with E-state index in [2.05, 4.69) is 4.72 Å². The van der Waals surface area contributed by atoms with Crippen LogP contribution in [0.5, 0.6) is 0 Å². The van der Waals surface area contributed by atoms with Crippen LogP contribution in [0.4, 0.5) is 5.69 Å². The smallest absolute Gasteiger partial charge is 0.326 e. The Bertz CT molecular complexity index is 539. The largest absolute Gasteiger partial charge is 0.480 e. The summed E-state index contributed by atoms with van der Waals surface area (Å²) in [7, 11) is -1.83. The lowest BCUT2D eigenvalue weighted by molar-refractivity contribution is -0.138. The van der Waals surface area contributed by atoms with Gasteiger partial charge in [-0.25, -0.2) is 17.9 Å². The lowest BCUT2D eigenvalue weighted by Gasteiger charge is -2.23. The van der Waals surface area contributed by atoms with Gasteiger partial charge in [0.2, 0.25) is 10.0 Å². The number of carbonyl (C=O) groups is 1. The molecular weight excluding hydrogens is 268 g/mol. The number of rotatable bonds is 6. The van der Waals surface area contributed by atoms with Crippen molar-refractivity contribution in [3.63, 3.8) is 0 Å². The van der Waals surface area contributed by atoms with Crippen molar-refractivity contribution in [3.8, 4) is 0 Å². The quantitative estimate of drug-likeness (QED) is 0.811. The predicted molar refractivity (Wildman–Crippen MR) is 72.8 cm³/mol. The fraction of sp³-hybridized carbons (Fsp3) is 0.417. The molecule has 0 bridgehead atoms. The van der Waals surface area contributed by atoms with Gasteiger partial charge in [-0.3, -0.25) is 0 Å². The Morgan fingerprint density at radius 2 is 1.89 bits per heavy atom. The summed E-state index contributed by atoms with van der Waals surface area (Å²) in [5.41, 5.74) is 0.644. The zero-order valence-corrected chi connectivity index (χ0v) is 11.9. The second kappa shape index (κ2) is 6.03. The van der Waals surface area contributed by atoms with Gasteiger partial charge in [0.1, 0.15) is 6.04 Å². The van der Waals surface area contributed by atoms with E-state index in [-0.39, 0.29) is 4.90 Å². The number of nitrogens with one attached hydrogen (secondary N) is 1. The number of anilines is 1. The van der Waals surface area contributed by atoms with E-state index in [0.717, 1.165) is 0 Å². The highest BCUT2D eigenvalue weighted by Gasteiger charge is 2.18. The van der Waals surface area contributed by atoms with E-state index in [9.17, 15) is 13.2 Å². The molecule has 0 saturated carbocycles. The molecule has 6 nitrogen and oxygen atoms in total. The third kappa shape index (κ3) is 3.68. The molecule has 0 aromatic heterocycles. The second-order valence-electron chi connectivity index (χ2n) is 4.12. The number of nitrogens with zero attached hydrogens (tertiary/aromatic N) is 1. The van der Waals surface area contributed by atoms with Crippen molar-refractivity contribution in [1.82, 2.24) is 4.72 Å². The van der Waals surface area contributed by atoms with Crippen LogP contribution in [0.25, 0.3) is 0 Å². The molecule has 1 aromatic rings. The first-order chi connectivity index (χ1) is 8.79. The number of benzene rings is 1. The van der Waals surface area contributed by atoms with Crippen molar-refractivity contribution in [2.24, 2.45) is 0 Å². The molecule has 1 unspecified atom stereocenters. The lowest BCUT2D eigenvalue weighted by Crippen LogP contribution is -2.35. The van der Waals surface area contributed by atoms with Crippen LogP contribution >= 0.6 is 0 Å². The van der Waals surface area contributed by atoms with Crippen LogP contribution in [-0.4, -0.2) is 39.1 Å². The molecule has 0 amide bonds. The van der Waals surface area contributed by atoms with Crippen LogP contribution in [0.2, 0.25) is 0 Å². The molecule has 1 aromatic carbocycles. The maximum atomic E-state index is 11.7. The number of hydrogen-bond donors (Lipinski definition) is 2. The molecule has 0 fully saturated rings. The summed E-state index contributed by atoms with van der Waals surface area (Å²) < 4.78 is 25.9. The number of carboxylic acids is 1. The monoisotopic (exact) mass is 286 g/mol. The normalized spacial score (nSPS) is 13.0. The van der Waals surface area contributed by atoms with Gasteiger partial charge in [-0.05, 0) is 31.2 Å². The molecule has 7 heteroatoms. The summed E-state index contributed by atoms with van der Waals surface area (Å²) in [4.78, 5) is 12.6. The van der Waals surface area contributed by atoms with Gasteiger partial charge in [0.05, 0.1) is 4.90 Å². The zero-order valence-electron chi connectivity index (χ0n) is 11.1. The molecule has 2 N–H and O–H groups in total. The third-order valence-electron chi connectivity index (χ3n) is 2.83. The minimum Gasteiger partial charge on any atom is -0.480 e. The third-order valence-corrected chi connectivity index (χ3v) is 4.39. The highest BCUT2D eigenvalue weighted by atomic mass is 32.2. The van der Waals surface area contributed by atoms with E-state index >= 15 is 0 Å². The molecule has 106 valence electrons. The summed E-state index contributed by atoms with van der Waals surface area (Å²) >= 11 is 0. The fourth-order valence-electron chi connectivity index (χ4n) is 1.52. The minimum absolute atomic E-state index is 0.162. The average Bonchev–Trinajstić information content (AvgIpc) is 2.37. The maximum Gasteiger partial charge on any atom is 0.326 e. The first-order valence-corrected chi connectivity index (χ1v) is 7.33. The van der Waals surface area contributed by atoms with Gasteiger partial charge in [-0.2, -0.15) is 0 Å². The average molecular weight is 286 g/mol. The van der Waals surface area contributed by atoms with Crippen molar-refractivity contribution >= 4 is 21.7 Å². The predicted octanol–water partition coefficient (Wildman–Crippen LogP) is 0.894.